The Labute approximate surface area is 140 Å². The van der Waals surface area contributed by atoms with E-state index in [-0.39, 0.29) is 13.5 Å². The van der Waals surface area contributed by atoms with Crippen LogP contribution in [-0.4, -0.2) is 17.9 Å². The van der Waals surface area contributed by atoms with Gasteiger partial charge in [0, 0.05) is 0 Å². The van der Waals surface area contributed by atoms with E-state index in [1.807, 2.05) is 25.0 Å². The maximum atomic E-state index is 9.55. The normalized spacial score (nSPS) is 8.41. The number of phenolic OH excluding ortho intramolecular Hbond substituents is 1. The average Bonchev–Trinajstić information content (AvgIpc) is 2.46. The van der Waals surface area contributed by atoms with Crippen LogP contribution in [0.4, 0.5) is 4.79 Å². The fraction of sp³-hybridized carbons (Fsp3) is 0.500. The molecule has 5 nitrogen and oxygen atoms in total. The number of unbranched alkanes of at least 4 members (excludes halogenated alkanes) is 5. The minimum Gasteiger partial charge on any atom is -0.508 e. The lowest BCUT2D eigenvalue weighted by Crippen LogP contribution is -2.18. The fourth-order valence-electron chi connectivity index (χ4n) is 1.82. The number of carbonyl (C=O) groups excluding carboxylic acids is 2. The summed E-state index contributed by atoms with van der Waals surface area (Å²) >= 11 is 0. The first-order valence-corrected chi connectivity index (χ1v) is 7.18. The van der Waals surface area contributed by atoms with Crippen molar-refractivity contribution < 1.29 is 14.7 Å². The zero-order valence-electron chi connectivity index (χ0n) is 13.4. The molecule has 0 radical (unpaired) electrons. The fourth-order valence-corrected chi connectivity index (χ4v) is 1.82. The van der Waals surface area contributed by atoms with Crippen LogP contribution in [0.15, 0.2) is 24.3 Å². The number of phenols is 1. The third kappa shape index (κ3) is 18.3. The van der Waals surface area contributed by atoms with Crippen LogP contribution in [0.3, 0.4) is 0 Å². The van der Waals surface area contributed by atoms with Crippen molar-refractivity contribution in [3.8, 4) is 5.75 Å². The van der Waals surface area contributed by atoms with Crippen LogP contribution in [0.25, 0.3) is 0 Å². The van der Waals surface area contributed by atoms with Crippen LogP contribution in [0.5, 0.6) is 5.75 Å². The molecule has 0 saturated heterocycles. The second-order valence-corrected chi connectivity index (χ2v) is 4.55. The summed E-state index contributed by atoms with van der Waals surface area (Å²) in [6, 6.07) is 6.82. The monoisotopic (exact) mass is 330 g/mol. The van der Waals surface area contributed by atoms with Crippen molar-refractivity contribution in [1.82, 2.24) is 0 Å². The Bertz CT molecular complexity index is 372. The molecule has 1 aromatic carbocycles. The molecule has 0 aliphatic rings. The van der Waals surface area contributed by atoms with Gasteiger partial charge in [0.15, 0.2) is 0 Å². The number of urea groups is 1. The highest BCUT2D eigenvalue weighted by Gasteiger charge is 1.98. The second kappa shape index (κ2) is 19.3. The molecular formula is C16H30N2O3S. The van der Waals surface area contributed by atoms with Gasteiger partial charge in [0.1, 0.15) is 12.5 Å². The molecule has 0 aromatic heterocycles. The van der Waals surface area contributed by atoms with Crippen molar-refractivity contribution in [2.24, 2.45) is 11.5 Å². The number of nitrogens with two attached hydrogens (primary N) is 2. The molecule has 0 aliphatic heterocycles. The summed E-state index contributed by atoms with van der Waals surface area (Å²) in [7, 11) is 0. The van der Waals surface area contributed by atoms with Gasteiger partial charge in [-0.15, -0.1) is 0 Å². The first-order chi connectivity index (χ1) is 10.1. The van der Waals surface area contributed by atoms with Crippen molar-refractivity contribution in [3.63, 3.8) is 0 Å². The third-order valence-electron chi connectivity index (χ3n) is 2.79. The number of primary amides is 2. The maximum Gasteiger partial charge on any atom is 0.309 e. The lowest BCUT2D eigenvalue weighted by molar-refractivity contribution is -0.0979. The molecule has 0 spiro atoms. The van der Waals surface area contributed by atoms with Crippen LogP contribution >= 0.6 is 13.5 Å². The Morgan fingerprint density at radius 3 is 2.00 bits per heavy atom. The standard InChI is InChI=1S/C14H22O.CH4N2O.CH2O.H2S/c1-2-3-4-5-6-7-10-13-11-8-9-12-14(13)15;2-1(3)4;1-2;/h8-9,11-12,15H,2-7,10H2,1H3;(H4,2,3,4);1H2;1H2. The SMILES string of the molecule is C=O.CCCCCCCCc1ccccc1O.NC(N)=O.S. The summed E-state index contributed by atoms with van der Waals surface area (Å²) in [4.78, 5) is 17.0. The summed E-state index contributed by atoms with van der Waals surface area (Å²) < 4.78 is 0. The van der Waals surface area contributed by atoms with Gasteiger partial charge in [-0.2, -0.15) is 13.5 Å². The van der Waals surface area contributed by atoms with Gasteiger partial charge in [-0.05, 0) is 24.5 Å². The molecule has 0 unspecified atom stereocenters. The van der Waals surface area contributed by atoms with Crippen LogP contribution < -0.4 is 11.5 Å². The van der Waals surface area contributed by atoms with Crippen molar-refractivity contribution >= 4 is 26.3 Å². The van der Waals surface area contributed by atoms with Crippen LogP contribution in [0.2, 0.25) is 0 Å². The van der Waals surface area contributed by atoms with Gasteiger partial charge >= 0.3 is 6.03 Å². The number of carbonyl (C=O) groups is 2. The lowest BCUT2D eigenvalue weighted by atomic mass is 10.0. The number of hydrogen-bond donors (Lipinski definition) is 3. The first-order valence-electron chi connectivity index (χ1n) is 7.18. The maximum absolute atomic E-state index is 9.55. The Balaban J connectivity index is -0.000000448. The summed E-state index contributed by atoms with van der Waals surface area (Å²) in [5.41, 5.74) is 9.59. The zero-order chi connectivity index (χ0) is 16.5. The summed E-state index contributed by atoms with van der Waals surface area (Å²) in [6.45, 7) is 4.24. The quantitative estimate of drug-likeness (QED) is 0.668. The number of rotatable bonds is 7. The highest BCUT2D eigenvalue weighted by atomic mass is 32.1. The van der Waals surface area contributed by atoms with Gasteiger partial charge in [-0.25, -0.2) is 4.79 Å². The van der Waals surface area contributed by atoms with Crippen LogP contribution in [-0.2, 0) is 11.2 Å². The minimum absolute atomic E-state index is 0. The Morgan fingerprint density at radius 1 is 1.05 bits per heavy atom. The Hall–Kier alpha value is -1.69. The number of para-hydroxylation sites is 1. The van der Waals surface area contributed by atoms with Crippen LogP contribution in [0, 0.1) is 0 Å². The molecule has 0 aliphatic carbocycles. The molecule has 6 heteroatoms. The molecule has 22 heavy (non-hydrogen) atoms. The number of benzene rings is 1. The predicted octanol–water partition coefficient (Wildman–Crippen LogP) is 3.25. The third-order valence-corrected chi connectivity index (χ3v) is 2.79. The largest absolute Gasteiger partial charge is 0.508 e. The lowest BCUT2D eigenvalue weighted by Gasteiger charge is -2.03. The summed E-state index contributed by atoms with van der Waals surface area (Å²) in [5, 5.41) is 9.55. The highest BCUT2D eigenvalue weighted by Crippen LogP contribution is 2.18. The molecule has 1 rings (SSSR count). The molecule has 0 heterocycles. The number of hydrogen-bond acceptors (Lipinski definition) is 3. The van der Waals surface area contributed by atoms with Crippen molar-refractivity contribution in [3.05, 3.63) is 29.8 Å². The highest BCUT2D eigenvalue weighted by molar-refractivity contribution is 7.59. The summed E-state index contributed by atoms with van der Waals surface area (Å²) in [5.74, 6) is 0.450. The van der Waals surface area contributed by atoms with E-state index in [0.29, 0.717) is 5.75 Å². The topological polar surface area (TPSA) is 106 Å². The van der Waals surface area contributed by atoms with E-state index in [4.69, 9.17) is 9.59 Å². The van der Waals surface area contributed by atoms with Gasteiger partial charge in [0.25, 0.3) is 0 Å². The molecule has 0 atom stereocenters. The van der Waals surface area contributed by atoms with E-state index >= 15 is 0 Å². The molecule has 128 valence electrons. The molecule has 2 amide bonds. The summed E-state index contributed by atoms with van der Waals surface area (Å²) in [6.07, 6.45) is 8.85. The van der Waals surface area contributed by atoms with Crippen molar-refractivity contribution in [2.45, 2.75) is 51.9 Å². The number of aromatic hydroxyl groups is 1. The van der Waals surface area contributed by atoms with Crippen LogP contribution in [0.1, 0.15) is 51.0 Å². The van der Waals surface area contributed by atoms with Gasteiger partial charge in [0.2, 0.25) is 0 Å². The van der Waals surface area contributed by atoms with E-state index in [0.717, 1.165) is 12.0 Å². The molecule has 0 saturated carbocycles. The Kier molecular flexibility index (Phi) is 22.2. The molecular weight excluding hydrogens is 300 g/mol. The van der Waals surface area contributed by atoms with Crippen molar-refractivity contribution in [2.75, 3.05) is 0 Å². The molecule has 5 N–H and O–H groups in total. The molecule has 1 aromatic rings. The minimum atomic E-state index is -0.833. The van der Waals surface area contributed by atoms with E-state index in [1.54, 1.807) is 6.07 Å². The van der Waals surface area contributed by atoms with E-state index in [1.165, 1.54) is 38.5 Å². The first kappa shape index (κ1) is 25.3. The van der Waals surface area contributed by atoms with E-state index in [9.17, 15) is 5.11 Å². The number of aryl methyl sites for hydroxylation is 1. The van der Waals surface area contributed by atoms with Crippen molar-refractivity contribution in [1.29, 1.82) is 0 Å². The van der Waals surface area contributed by atoms with Gasteiger partial charge in [0.05, 0.1) is 0 Å². The molecule has 0 fully saturated rings. The smallest absolute Gasteiger partial charge is 0.309 e. The van der Waals surface area contributed by atoms with Gasteiger partial charge < -0.3 is 21.4 Å². The van der Waals surface area contributed by atoms with Gasteiger partial charge in [-0.1, -0.05) is 57.2 Å². The Morgan fingerprint density at radius 2 is 1.50 bits per heavy atom. The average molecular weight is 330 g/mol. The predicted molar refractivity (Wildman–Crippen MR) is 96.5 cm³/mol. The van der Waals surface area contributed by atoms with E-state index in [2.05, 4.69) is 18.4 Å². The van der Waals surface area contributed by atoms with Gasteiger partial charge in [-0.3, -0.25) is 0 Å². The second-order valence-electron chi connectivity index (χ2n) is 4.55. The molecule has 0 bridgehead atoms. The number of amides is 2. The zero-order valence-corrected chi connectivity index (χ0v) is 14.4. The van der Waals surface area contributed by atoms with E-state index < -0.39 is 6.03 Å².